The summed E-state index contributed by atoms with van der Waals surface area (Å²) in [5.74, 6) is 0. The SMILES string of the molecule is O=C(Cl)CP(=O)(c1ccccc1)c1ccccc1. The lowest BCUT2D eigenvalue weighted by molar-refractivity contribution is -0.109. The van der Waals surface area contributed by atoms with E-state index >= 15 is 0 Å². The van der Waals surface area contributed by atoms with Crippen molar-refractivity contribution in [1.29, 1.82) is 0 Å². The predicted molar refractivity (Wildman–Crippen MR) is 75.5 cm³/mol. The Kier molecular flexibility index (Phi) is 4.00. The van der Waals surface area contributed by atoms with Crippen LogP contribution in [0.4, 0.5) is 0 Å². The zero-order valence-electron chi connectivity index (χ0n) is 9.62. The molecule has 0 heterocycles. The van der Waals surface area contributed by atoms with Crippen LogP contribution in [0, 0.1) is 0 Å². The zero-order valence-corrected chi connectivity index (χ0v) is 11.3. The zero-order chi connectivity index (χ0) is 13.0. The van der Waals surface area contributed by atoms with Crippen LogP contribution < -0.4 is 10.6 Å². The standard InChI is InChI=1S/C14H12ClO2P/c15-14(16)11-18(17,12-7-3-1-4-8-12)13-9-5-2-6-10-13/h1-10H,11H2. The van der Waals surface area contributed by atoms with Gasteiger partial charge in [0.2, 0.25) is 5.24 Å². The fourth-order valence-corrected chi connectivity index (χ4v) is 4.67. The van der Waals surface area contributed by atoms with Crippen molar-refractivity contribution in [2.24, 2.45) is 0 Å². The third-order valence-corrected chi connectivity index (χ3v) is 6.01. The number of rotatable bonds is 4. The molecule has 0 saturated heterocycles. The number of carbonyl (C=O) groups is 1. The average molecular weight is 279 g/mol. The van der Waals surface area contributed by atoms with Gasteiger partial charge in [0.15, 0.2) is 7.14 Å². The summed E-state index contributed by atoms with van der Waals surface area (Å²) in [7, 11) is -2.96. The van der Waals surface area contributed by atoms with Crippen molar-refractivity contribution in [3.8, 4) is 0 Å². The smallest absolute Gasteiger partial charge is 0.229 e. The minimum absolute atomic E-state index is 0.150. The van der Waals surface area contributed by atoms with Gasteiger partial charge in [-0.25, -0.2) is 0 Å². The molecule has 0 unspecified atom stereocenters. The second-order valence-corrected chi connectivity index (χ2v) is 7.17. The van der Waals surface area contributed by atoms with E-state index in [1.165, 1.54) is 0 Å². The van der Waals surface area contributed by atoms with Gasteiger partial charge in [0.25, 0.3) is 0 Å². The van der Waals surface area contributed by atoms with Crippen LogP contribution in [0.3, 0.4) is 0 Å². The maximum Gasteiger partial charge on any atom is 0.229 e. The Morgan fingerprint density at radius 3 is 1.61 bits per heavy atom. The Morgan fingerprint density at radius 2 is 1.28 bits per heavy atom. The summed E-state index contributed by atoms with van der Waals surface area (Å²) in [6.45, 7) is 0. The molecule has 0 radical (unpaired) electrons. The van der Waals surface area contributed by atoms with Gasteiger partial charge >= 0.3 is 0 Å². The topological polar surface area (TPSA) is 34.1 Å². The molecule has 0 aliphatic rings. The highest BCUT2D eigenvalue weighted by Gasteiger charge is 2.29. The van der Waals surface area contributed by atoms with Crippen LogP contribution >= 0.6 is 18.7 Å². The maximum absolute atomic E-state index is 13.1. The van der Waals surface area contributed by atoms with Gasteiger partial charge in [-0.3, -0.25) is 4.79 Å². The fraction of sp³-hybridized carbons (Fsp3) is 0.0714. The summed E-state index contributed by atoms with van der Waals surface area (Å²) in [5, 5.41) is 0.737. The van der Waals surface area contributed by atoms with Gasteiger partial charge in [-0.2, -0.15) is 0 Å². The summed E-state index contributed by atoms with van der Waals surface area (Å²) in [5.41, 5.74) is 0. The molecule has 0 fully saturated rings. The quantitative estimate of drug-likeness (QED) is 0.637. The van der Waals surface area contributed by atoms with Crippen molar-refractivity contribution in [1.82, 2.24) is 0 Å². The highest BCUT2D eigenvalue weighted by Crippen LogP contribution is 2.43. The van der Waals surface area contributed by atoms with E-state index in [9.17, 15) is 9.36 Å². The van der Waals surface area contributed by atoms with Gasteiger partial charge in [0.05, 0.1) is 6.16 Å². The number of carbonyl (C=O) groups excluding carboxylic acids is 1. The second-order valence-electron chi connectivity index (χ2n) is 3.92. The molecule has 2 nitrogen and oxygen atoms in total. The summed E-state index contributed by atoms with van der Waals surface area (Å²) < 4.78 is 13.1. The molecule has 0 atom stereocenters. The van der Waals surface area contributed by atoms with Crippen LogP contribution in [-0.2, 0) is 9.36 Å². The first-order valence-corrected chi connectivity index (χ1v) is 7.78. The molecular weight excluding hydrogens is 267 g/mol. The van der Waals surface area contributed by atoms with E-state index < -0.39 is 12.4 Å². The lowest BCUT2D eigenvalue weighted by Gasteiger charge is -2.17. The van der Waals surface area contributed by atoms with Crippen molar-refractivity contribution in [2.45, 2.75) is 0 Å². The lowest BCUT2D eigenvalue weighted by atomic mass is 10.4. The second kappa shape index (κ2) is 5.51. The number of hydrogen-bond acceptors (Lipinski definition) is 2. The Balaban J connectivity index is 2.55. The molecule has 0 aliphatic heterocycles. The van der Waals surface area contributed by atoms with Crippen LogP contribution in [0.5, 0.6) is 0 Å². The summed E-state index contributed by atoms with van der Waals surface area (Å²) >= 11 is 5.45. The van der Waals surface area contributed by atoms with Crippen molar-refractivity contribution in [3.63, 3.8) is 0 Å². The minimum Gasteiger partial charge on any atom is -0.313 e. The van der Waals surface area contributed by atoms with E-state index in [1.807, 2.05) is 36.4 Å². The van der Waals surface area contributed by atoms with Gasteiger partial charge in [-0.15, -0.1) is 0 Å². The molecule has 0 aliphatic carbocycles. The van der Waals surface area contributed by atoms with Crippen LogP contribution in [-0.4, -0.2) is 11.4 Å². The third kappa shape index (κ3) is 2.72. The Labute approximate surface area is 111 Å². The summed E-state index contributed by atoms with van der Waals surface area (Å²) in [6.07, 6.45) is -0.150. The molecule has 4 heteroatoms. The molecule has 18 heavy (non-hydrogen) atoms. The fourth-order valence-electron chi connectivity index (χ4n) is 1.84. The van der Waals surface area contributed by atoms with E-state index in [0.717, 1.165) is 0 Å². The Morgan fingerprint density at radius 1 is 0.889 bits per heavy atom. The summed E-state index contributed by atoms with van der Waals surface area (Å²) in [6, 6.07) is 18.0. The van der Waals surface area contributed by atoms with E-state index in [0.29, 0.717) is 10.6 Å². The number of benzene rings is 2. The van der Waals surface area contributed by atoms with E-state index in [1.54, 1.807) is 24.3 Å². The Hall–Kier alpha value is -1.37. The van der Waals surface area contributed by atoms with Gasteiger partial charge in [0, 0.05) is 10.6 Å². The number of halogens is 1. The van der Waals surface area contributed by atoms with E-state index in [4.69, 9.17) is 11.6 Å². The van der Waals surface area contributed by atoms with Crippen molar-refractivity contribution < 1.29 is 9.36 Å². The molecule has 0 saturated carbocycles. The molecular formula is C14H12ClO2P. The Bertz CT molecular complexity index is 538. The largest absolute Gasteiger partial charge is 0.313 e. The lowest BCUT2D eigenvalue weighted by Crippen LogP contribution is -2.20. The molecule has 0 bridgehead atoms. The molecule has 0 spiro atoms. The maximum atomic E-state index is 13.1. The van der Waals surface area contributed by atoms with E-state index in [-0.39, 0.29) is 6.16 Å². The molecule has 0 N–H and O–H groups in total. The predicted octanol–water partition coefficient (Wildman–Crippen LogP) is 2.77. The molecule has 92 valence electrons. The first kappa shape index (κ1) is 13.1. The van der Waals surface area contributed by atoms with Gasteiger partial charge in [-0.1, -0.05) is 60.7 Å². The third-order valence-electron chi connectivity index (χ3n) is 2.69. The van der Waals surface area contributed by atoms with Crippen molar-refractivity contribution >= 4 is 34.6 Å². The van der Waals surface area contributed by atoms with E-state index in [2.05, 4.69) is 0 Å². The van der Waals surface area contributed by atoms with Crippen LogP contribution in [0.1, 0.15) is 0 Å². The van der Waals surface area contributed by atoms with Crippen LogP contribution in [0.2, 0.25) is 0 Å². The minimum atomic E-state index is -2.96. The molecule has 2 aromatic carbocycles. The highest BCUT2D eigenvalue weighted by atomic mass is 35.5. The highest BCUT2D eigenvalue weighted by molar-refractivity contribution is 7.79. The van der Waals surface area contributed by atoms with Crippen molar-refractivity contribution in [3.05, 3.63) is 60.7 Å². The first-order chi connectivity index (χ1) is 8.63. The molecule has 0 amide bonds. The van der Waals surface area contributed by atoms with Crippen molar-refractivity contribution in [2.75, 3.05) is 6.16 Å². The van der Waals surface area contributed by atoms with Gasteiger partial charge in [0.1, 0.15) is 0 Å². The van der Waals surface area contributed by atoms with Crippen LogP contribution in [0.15, 0.2) is 60.7 Å². The van der Waals surface area contributed by atoms with Gasteiger partial charge < -0.3 is 4.57 Å². The van der Waals surface area contributed by atoms with Crippen LogP contribution in [0.25, 0.3) is 0 Å². The monoisotopic (exact) mass is 278 g/mol. The van der Waals surface area contributed by atoms with Gasteiger partial charge in [-0.05, 0) is 11.6 Å². The molecule has 2 aromatic rings. The average Bonchev–Trinajstić information content (AvgIpc) is 2.40. The summed E-state index contributed by atoms with van der Waals surface area (Å²) in [4.78, 5) is 11.2. The molecule has 0 aromatic heterocycles. The molecule has 2 rings (SSSR count). The first-order valence-electron chi connectivity index (χ1n) is 5.51. The normalized spacial score (nSPS) is 11.2. The number of hydrogen-bond donors (Lipinski definition) is 0.